The lowest BCUT2D eigenvalue weighted by Gasteiger charge is -2.31. The molecular formula is C20H30N2O3. The first kappa shape index (κ1) is 19.3. The van der Waals surface area contributed by atoms with Crippen molar-refractivity contribution < 1.29 is 14.3 Å². The molecule has 138 valence electrons. The molecule has 0 saturated carbocycles. The SMILES string of the molecule is COc1cccc(CCN(CCC(=O)N2CCC(C)CC2)C(C)=O)c1. The van der Waals surface area contributed by atoms with E-state index in [0.717, 1.165) is 43.7 Å². The summed E-state index contributed by atoms with van der Waals surface area (Å²) in [7, 11) is 1.65. The Morgan fingerprint density at radius 2 is 1.96 bits per heavy atom. The number of rotatable bonds is 7. The number of hydrogen-bond donors (Lipinski definition) is 0. The molecule has 1 aromatic carbocycles. The molecule has 0 atom stereocenters. The minimum absolute atomic E-state index is 0.0166. The van der Waals surface area contributed by atoms with Gasteiger partial charge in [-0.05, 0) is 42.9 Å². The van der Waals surface area contributed by atoms with Crippen molar-refractivity contribution in [2.24, 2.45) is 5.92 Å². The Balaban J connectivity index is 1.82. The largest absolute Gasteiger partial charge is 0.497 e. The van der Waals surface area contributed by atoms with Crippen LogP contribution in [0.2, 0.25) is 0 Å². The number of likely N-dealkylation sites (tertiary alicyclic amines) is 1. The highest BCUT2D eigenvalue weighted by Gasteiger charge is 2.21. The lowest BCUT2D eigenvalue weighted by atomic mass is 9.99. The number of carbonyl (C=O) groups excluding carboxylic acids is 2. The highest BCUT2D eigenvalue weighted by molar-refractivity contribution is 5.78. The van der Waals surface area contributed by atoms with E-state index in [9.17, 15) is 9.59 Å². The normalized spacial score (nSPS) is 15.1. The van der Waals surface area contributed by atoms with Crippen LogP contribution in [0.4, 0.5) is 0 Å². The molecule has 0 aromatic heterocycles. The highest BCUT2D eigenvalue weighted by atomic mass is 16.5. The minimum Gasteiger partial charge on any atom is -0.497 e. The molecule has 1 aromatic rings. The standard InChI is InChI=1S/C20H30N2O3/c1-16-7-11-22(12-8-16)20(24)10-14-21(17(2)23)13-9-18-5-4-6-19(15-18)25-3/h4-6,15-16H,7-14H2,1-3H3. The van der Waals surface area contributed by atoms with Gasteiger partial charge in [-0.15, -0.1) is 0 Å². The zero-order chi connectivity index (χ0) is 18.2. The first-order valence-electron chi connectivity index (χ1n) is 9.16. The molecule has 2 rings (SSSR count). The van der Waals surface area contributed by atoms with Crippen molar-refractivity contribution in [1.82, 2.24) is 9.80 Å². The van der Waals surface area contributed by atoms with Gasteiger partial charge in [-0.25, -0.2) is 0 Å². The first-order chi connectivity index (χ1) is 12.0. The number of benzene rings is 1. The smallest absolute Gasteiger partial charge is 0.224 e. The Labute approximate surface area is 150 Å². The van der Waals surface area contributed by atoms with Crippen LogP contribution in [-0.2, 0) is 16.0 Å². The minimum atomic E-state index is 0.0166. The van der Waals surface area contributed by atoms with Gasteiger partial charge in [0.2, 0.25) is 11.8 Å². The lowest BCUT2D eigenvalue weighted by molar-refractivity contribution is -0.134. The van der Waals surface area contributed by atoms with Gasteiger partial charge >= 0.3 is 0 Å². The van der Waals surface area contributed by atoms with E-state index >= 15 is 0 Å². The van der Waals surface area contributed by atoms with E-state index in [1.807, 2.05) is 29.2 Å². The van der Waals surface area contributed by atoms with E-state index < -0.39 is 0 Å². The third kappa shape index (κ3) is 6.07. The van der Waals surface area contributed by atoms with E-state index in [-0.39, 0.29) is 11.8 Å². The maximum atomic E-state index is 12.4. The van der Waals surface area contributed by atoms with Crippen molar-refractivity contribution in [2.75, 3.05) is 33.3 Å². The van der Waals surface area contributed by atoms with Crippen molar-refractivity contribution in [2.45, 2.75) is 39.5 Å². The van der Waals surface area contributed by atoms with Crippen LogP contribution in [0.15, 0.2) is 24.3 Å². The summed E-state index contributed by atoms with van der Waals surface area (Å²) in [5.41, 5.74) is 1.13. The van der Waals surface area contributed by atoms with Crippen LogP contribution in [0.5, 0.6) is 5.75 Å². The Hall–Kier alpha value is -2.04. The summed E-state index contributed by atoms with van der Waals surface area (Å²) in [6.45, 7) is 6.61. The van der Waals surface area contributed by atoms with Crippen molar-refractivity contribution in [3.63, 3.8) is 0 Å². The Bertz CT molecular complexity index is 580. The lowest BCUT2D eigenvalue weighted by Crippen LogP contribution is -2.40. The van der Waals surface area contributed by atoms with E-state index in [1.165, 1.54) is 0 Å². The molecule has 0 N–H and O–H groups in total. The molecule has 0 aliphatic carbocycles. The zero-order valence-electron chi connectivity index (χ0n) is 15.7. The molecule has 0 bridgehead atoms. The summed E-state index contributed by atoms with van der Waals surface area (Å²) < 4.78 is 5.23. The molecule has 1 aliphatic heterocycles. The molecular weight excluding hydrogens is 316 g/mol. The fourth-order valence-electron chi connectivity index (χ4n) is 3.17. The number of nitrogens with zero attached hydrogens (tertiary/aromatic N) is 2. The second-order valence-electron chi connectivity index (χ2n) is 6.92. The third-order valence-corrected chi connectivity index (χ3v) is 4.98. The number of hydrogen-bond acceptors (Lipinski definition) is 3. The number of ether oxygens (including phenoxy) is 1. The summed E-state index contributed by atoms with van der Waals surface area (Å²) in [5, 5.41) is 0. The average molecular weight is 346 g/mol. The molecule has 5 nitrogen and oxygen atoms in total. The van der Waals surface area contributed by atoms with E-state index in [1.54, 1.807) is 18.9 Å². The van der Waals surface area contributed by atoms with Gasteiger partial charge in [-0.1, -0.05) is 19.1 Å². The molecule has 1 saturated heterocycles. The van der Waals surface area contributed by atoms with Gasteiger partial charge in [0.15, 0.2) is 0 Å². The number of amides is 2. The summed E-state index contributed by atoms with van der Waals surface area (Å²) in [5.74, 6) is 1.71. The molecule has 1 aliphatic rings. The average Bonchev–Trinajstić information content (AvgIpc) is 2.62. The monoisotopic (exact) mass is 346 g/mol. The Morgan fingerprint density at radius 1 is 1.24 bits per heavy atom. The van der Waals surface area contributed by atoms with Crippen molar-refractivity contribution >= 4 is 11.8 Å². The predicted molar refractivity (Wildman–Crippen MR) is 98.5 cm³/mol. The predicted octanol–water partition coefficient (Wildman–Crippen LogP) is 2.73. The number of methoxy groups -OCH3 is 1. The number of carbonyl (C=O) groups is 2. The van der Waals surface area contributed by atoms with Crippen LogP contribution in [0.25, 0.3) is 0 Å². The van der Waals surface area contributed by atoms with Gasteiger partial charge in [0.05, 0.1) is 7.11 Å². The van der Waals surface area contributed by atoms with Crippen LogP contribution in [0.1, 0.15) is 38.7 Å². The molecule has 0 unspecified atom stereocenters. The second-order valence-corrected chi connectivity index (χ2v) is 6.92. The van der Waals surface area contributed by atoms with Gasteiger partial charge in [0, 0.05) is 39.5 Å². The molecule has 1 fully saturated rings. The maximum absolute atomic E-state index is 12.4. The van der Waals surface area contributed by atoms with Crippen molar-refractivity contribution in [1.29, 1.82) is 0 Å². The summed E-state index contributed by atoms with van der Waals surface area (Å²) in [6.07, 6.45) is 3.33. The topological polar surface area (TPSA) is 49.9 Å². The van der Waals surface area contributed by atoms with Gasteiger partial charge in [0.25, 0.3) is 0 Å². The molecule has 0 radical (unpaired) electrons. The second kappa shape index (κ2) is 9.44. The molecule has 2 amide bonds. The summed E-state index contributed by atoms with van der Waals surface area (Å²) in [6, 6.07) is 7.87. The molecule has 5 heteroatoms. The van der Waals surface area contributed by atoms with E-state index in [4.69, 9.17) is 4.74 Å². The van der Waals surface area contributed by atoms with E-state index in [0.29, 0.717) is 25.4 Å². The Kier molecular flexibility index (Phi) is 7.29. The zero-order valence-corrected chi connectivity index (χ0v) is 15.7. The van der Waals surface area contributed by atoms with Crippen LogP contribution in [0, 0.1) is 5.92 Å². The quantitative estimate of drug-likeness (QED) is 0.763. The van der Waals surface area contributed by atoms with Gasteiger partial charge in [-0.3, -0.25) is 9.59 Å². The summed E-state index contributed by atoms with van der Waals surface area (Å²) in [4.78, 5) is 28.0. The van der Waals surface area contributed by atoms with Crippen molar-refractivity contribution in [3.8, 4) is 5.75 Å². The van der Waals surface area contributed by atoms with Crippen LogP contribution >= 0.6 is 0 Å². The van der Waals surface area contributed by atoms with E-state index in [2.05, 4.69) is 6.92 Å². The third-order valence-electron chi connectivity index (χ3n) is 4.98. The maximum Gasteiger partial charge on any atom is 0.224 e. The van der Waals surface area contributed by atoms with Gasteiger partial charge in [0.1, 0.15) is 5.75 Å². The Morgan fingerprint density at radius 3 is 2.60 bits per heavy atom. The van der Waals surface area contributed by atoms with Crippen LogP contribution in [0.3, 0.4) is 0 Å². The molecule has 1 heterocycles. The van der Waals surface area contributed by atoms with Crippen LogP contribution in [-0.4, -0.2) is 54.9 Å². The summed E-state index contributed by atoms with van der Waals surface area (Å²) >= 11 is 0. The van der Waals surface area contributed by atoms with Gasteiger partial charge < -0.3 is 14.5 Å². The fourth-order valence-corrected chi connectivity index (χ4v) is 3.17. The molecule has 25 heavy (non-hydrogen) atoms. The van der Waals surface area contributed by atoms with Crippen molar-refractivity contribution in [3.05, 3.63) is 29.8 Å². The fraction of sp³-hybridized carbons (Fsp3) is 0.600. The highest BCUT2D eigenvalue weighted by Crippen LogP contribution is 2.17. The molecule has 0 spiro atoms. The van der Waals surface area contributed by atoms with Gasteiger partial charge in [-0.2, -0.15) is 0 Å². The number of piperidine rings is 1. The first-order valence-corrected chi connectivity index (χ1v) is 9.16. The van der Waals surface area contributed by atoms with Crippen LogP contribution < -0.4 is 4.74 Å².